The van der Waals surface area contributed by atoms with Crippen LogP contribution in [0.5, 0.6) is 0 Å². The Hall–Kier alpha value is -1.26. The number of amides is 1. The second-order valence-electron chi connectivity index (χ2n) is 3.20. The van der Waals surface area contributed by atoms with Gasteiger partial charge in [0.15, 0.2) is 5.72 Å². The minimum Gasteiger partial charge on any atom is -0.367 e. The van der Waals surface area contributed by atoms with Gasteiger partial charge in [0.1, 0.15) is 5.03 Å². The molecular weight excluding hydrogens is 204 g/mol. The summed E-state index contributed by atoms with van der Waals surface area (Å²) in [5.41, 5.74) is -0.475. The molecule has 74 valence electrons. The van der Waals surface area contributed by atoms with Crippen molar-refractivity contribution in [2.45, 2.75) is 12.6 Å². The van der Waals surface area contributed by atoms with Crippen LogP contribution in [0.15, 0.2) is 29.1 Å². The molecule has 0 spiro atoms. The van der Waals surface area contributed by atoms with Gasteiger partial charge in [0.05, 0.1) is 0 Å². The summed E-state index contributed by atoms with van der Waals surface area (Å²) >= 11 is 5.71. The number of halogens is 1. The average Bonchev–Trinajstić information content (AvgIpc) is 2.73. The van der Waals surface area contributed by atoms with Gasteiger partial charge in [-0.1, -0.05) is 11.6 Å². The van der Waals surface area contributed by atoms with Gasteiger partial charge in [0, 0.05) is 23.5 Å². The molecule has 14 heavy (non-hydrogen) atoms. The predicted molar refractivity (Wildman–Crippen MR) is 51.4 cm³/mol. The number of carbonyl (C=O) groups excluding carboxylic acids is 1. The summed E-state index contributed by atoms with van der Waals surface area (Å²) in [5.74, 6) is -0.451. The number of nitrogens with one attached hydrogen (secondary N) is 2. The van der Waals surface area contributed by atoms with Gasteiger partial charge in [-0.15, -0.1) is 0 Å². The standard InChI is InChI=1S/C9H9ClN2O2/c1-5-7(10)8(13)12-9(5,14)6-2-3-11-4-6/h2-4,11,14H,1H3,(H,12,13). The van der Waals surface area contributed by atoms with Gasteiger partial charge >= 0.3 is 0 Å². The van der Waals surface area contributed by atoms with Gasteiger partial charge in [-0.3, -0.25) is 4.79 Å². The Kier molecular flexibility index (Phi) is 1.90. The molecule has 1 atom stereocenters. The van der Waals surface area contributed by atoms with Crippen LogP contribution < -0.4 is 5.32 Å². The summed E-state index contributed by atoms with van der Waals surface area (Å²) < 4.78 is 0. The van der Waals surface area contributed by atoms with Crippen LogP contribution in [0.2, 0.25) is 0 Å². The molecule has 1 unspecified atom stereocenters. The van der Waals surface area contributed by atoms with Crippen LogP contribution in [0, 0.1) is 0 Å². The van der Waals surface area contributed by atoms with Crippen molar-refractivity contribution in [1.29, 1.82) is 0 Å². The van der Waals surface area contributed by atoms with Crippen molar-refractivity contribution in [3.05, 3.63) is 34.6 Å². The predicted octanol–water partition coefficient (Wildman–Crippen LogP) is 0.802. The summed E-state index contributed by atoms with van der Waals surface area (Å²) in [6.45, 7) is 1.62. The molecule has 0 saturated carbocycles. The minimum absolute atomic E-state index is 0.0497. The molecule has 0 saturated heterocycles. The monoisotopic (exact) mass is 212 g/mol. The molecular formula is C9H9ClN2O2. The quantitative estimate of drug-likeness (QED) is 0.645. The van der Waals surface area contributed by atoms with Crippen LogP contribution in [0.1, 0.15) is 12.5 Å². The van der Waals surface area contributed by atoms with E-state index in [0.29, 0.717) is 11.1 Å². The maximum absolute atomic E-state index is 11.2. The number of rotatable bonds is 1. The van der Waals surface area contributed by atoms with E-state index in [4.69, 9.17) is 11.6 Å². The lowest BCUT2D eigenvalue weighted by molar-refractivity contribution is -0.120. The normalized spacial score (nSPS) is 26.9. The molecule has 1 aromatic heterocycles. The summed E-state index contributed by atoms with van der Waals surface area (Å²) in [6.07, 6.45) is 3.28. The highest BCUT2D eigenvalue weighted by Gasteiger charge is 2.42. The van der Waals surface area contributed by atoms with E-state index in [1.807, 2.05) is 0 Å². The smallest absolute Gasteiger partial charge is 0.265 e. The second kappa shape index (κ2) is 2.87. The molecule has 1 aromatic rings. The van der Waals surface area contributed by atoms with Crippen LogP contribution in [0.3, 0.4) is 0 Å². The first-order chi connectivity index (χ1) is 6.55. The van der Waals surface area contributed by atoms with Crippen molar-refractivity contribution in [2.75, 3.05) is 0 Å². The number of H-pyrrole nitrogens is 1. The summed E-state index contributed by atoms with van der Waals surface area (Å²) in [7, 11) is 0. The highest BCUT2D eigenvalue weighted by Crippen LogP contribution is 2.34. The fourth-order valence-corrected chi connectivity index (χ4v) is 1.66. The van der Waals surface area contributed by atoms with Crippen LogP contribution in [0.25, 0.3) is 0 Å². The van der Waals surface area contributed by atoms with Crippen molar-refractivity contribution in [2.24, 2.45) is 0 Å². The molecule has 1 aliphatic heterocycles. The SMILES string of the molecule is CC1=C(Cl)C(=O)NC1(O)c1cc[nH]c1. The maximum Gasteiger partial charge on any atom is 0.265 e. The van der Waals surface area contributed by atoms with E-state index < -0.39 is 11.6 Å². The summed E-state index contributed by atoms with van der Waals surface area (Å²) in [6, 6.07) is 1.68. The third-order valence-corrected chi connectivity index (χ3v) is 2.84. The van der Waals surface area contributed by atoms with Crippen molar-refractivity contribution in [1.82, 2.24) is 10.3 Å². The van der Waals surface area contributed by atoms with Crippen molar-refractivity contribution < 1.29 is 9.90 Å². The Balaban J connectivity index is 2.51. The maximum atomic E-state index is 11.2. The first-order valence-electron chi connectivity index (χ1n) is 4.10. The molecule has 2 rings (SSSR count). The van der Waals surface area contributed by atoms with E-state index >= 15 is 0 Å². The van der Waals surface area contributed by atoms with Crippen LogP contribution in [0.4, 0.5) is 0 Å². The number of aromatic amines is 1. The average molecular weight is 213 g/mol. The second-order valence-corrected chi connectivity index (χ2v) is 3.58. The zero-order valence-corrected chi connectivity index (χ0v) is 8.22. The molecule has 0 aromatic carbocycles. The van der Waals surface area contributed by atoms with E-state index in [9.17, 15) is 9.90 Å². The first-order valence-corrected chi connectivity index (χ1v) is 4.48. The molecule has 3 N–H and O–H groups in total. The molecule has 5 heteroatoms. The van der Waals surface area contributed by atoms with Crippen molar-refractivity contribution >= 4 is 17.5 Å². The Bertz CT molecular complexity index is 410. The minimum atomic E-state index is -1.46. The Morgan fingerprint density at radius 2 is 2.29 bits per heavy atom. The molecule has 4 nitrogen and oxygen atoms in total. The van der Waals surface area contributed by atoms with Crippen LogP contribution >= 0.6 is 11.6 Å². The van der Waals surface area contributed by atoms with E-state index in [1.54, 1.807) is 25.4 Å². The van der Waals surface area contributed by atoms with Gasteiger partial charge in [-0.2, -0.15) is 0 Å². The fraction of sp³-hybridized carbons (Fsp3) is 0.222. The third-order valence-electron chi connectivity index (χ3n) is 2.38. The lowest BCUT2D eigenvalue weighted by atomic mass is 10.0. The molecule has 0 aliphatic carbocycles. The number of hydrogen-bond donors (Lipinski definition) is 3. The van der Waals surface area contributed by atoms with Crippen LogP contribution in [-0.2, 0) is 10.5 Å². The van der Waals surface area contributed by atoms with Gasteiger partial charge < -0.3 is 15.4 Å². The highest BCUT2D eigenvalue weighted by atomic mass is 35.5. The van der Waals surface area contributed by atoms with Crippen molar-refractivity contribution in [3.8, 4) is 0 Å². The number of hydrogen-bond acceptors (Lipinski definition) is 2. The lowest BCUT2D eigenvalue weighted by Crippen LogP contribution is -2.40. The molecule has 2 heterocycles. The Morgan fingerprint density at radius 3 is 2.71 bits per heavy atom. The van der Waals surface area contributed by atoms with Gasteiger partial charge in [-0.05, 0) is 13.0 Å². The summed E-state index contributed by atoms with van der Waals surface area (Å²) in [5, 5.41) is 12.6. The molecule has 0 radical (unpaired) electrons. The summed E-state index contributed by atoms with van der Waals surface area (Å²) in [4.78, 5) is 14.0. The Morgan fingerprint density at radius 1 is 1.57 bits per heavy atom. The number of carbonyl (C=O) groups is 1. The van der Waals surface area contributed by atoms with E-state index in [-0.39, 0.29) is 5.03 Å². The van der Waals surface area contributed by atoms with Crippen LogP contribution in [-0.4, -0.2) is 16.0 Å². The van der Waals surface area contributed by atoms with Crippen molar-refractivity contribution in [3.63, 3.8) is 0 Å². The topological polar surface area (TPSA) is 65.1 Å². The van der Waals surface area contributed by atoms with E-state index in [0.717, 1.165) is 0 Å². The zero-order valence-electron chi connectivity index (χ0n) is 7.47. The zero-order chi connectivity index (χ0) is 10.3. The number of aliphatic hydroxyl groups is 1. The fourth-order valence-electron chi connectivity index (χ4n) is 1.48. The van der Waals surface area contributed by atoms with Gasteiger partial charge in [-0.25, -0.2) is 0 Å². The van der Waals surface area contributed by atoms with Gasteiger partial charge in [0.2, 0.25) is 0 Å². The molecule has 0 bridgehead atoms. The van der Waals surface area contributed by atoms with Gasteiger partial charge in [0.25, 0.3) is 5.91 Å². The highest BCUT2D eigenvalue weighted by molar-refractivity contribution is 6.43. The molecule has 1 amide bonds. The Labute approximate surface area is 85.6 Å². The molecule has 0 fully saturated rings. The lowest BCUT2D eigenvalue weighted by Gasteiger charge is -2.23. The molecule has 1 aliphatic rings. The number of aromatic nitrogens is 1. The third kappa shape index (κ3) is 1.08. The first kappa shape index (κ1) is 9.30. The van der Waals surface area contributed by atoms with E-state index in [2.05, 4.69) is 10.3 Å². The largest absolute Gasteiger partial charge is 0.367 e. The van der Waals surface area contributed by atoms with E-state index in [1.165, 1.54) is 0 Å².